The Labute approximate surface area is 118 Å². The van der Waals surface area contributed by atoms with Gasteiger partial charge in [-0.1, -0.05) is 30.4 Å². The first-order valence-electron chi connectivity index (χ1n) is 7.22. The number of carbonyl (C=O) groups is 2. The Morgan fingerprint density at radius 1 is 0.950 bits per heavy atom. The van der Waals surface area contributed by atoms with E-state index in [1.807, 2.05) is 32.0 Å². The molecule has 0 radical (unpaired) electrons. The number of fused-ring (bicyclic) bond motifs is 5. The monoisotopic (exact) mass is 267 g/mol. The Morgan fingerprint density at radius 3 is 1.95 bits per heavy atom. The molecule has 1 aliphatic heterocycles. The lowest BCUT2D eigenvalue weighted by atomic mass is 9.85. The first-order valence-corrected chi connectivity index (χ1v) is 7.22. The van der Waals surface area contributed by atoms with Crippen molar-refractivity contribution in [3.8, 4) is 0 Å². The summed E-state index contributed by atoms with van der Waals surface area (Å²) in [5.41, 5.74) is 2.79. The molecule has 3 aliphatic rings. The zero-order valence-corrected chi connectivity index (χ0v) is 11.7. The standard InChI is InChI=1S/C17H17NO2/c1-9-4-3-5-10(2)15(9)18-16(19)13-11-6-7-12(8-11)14(13)17(18)20/h3-7,11-14H,8H2,1-2H3/t11-,12-,13-,14+/m0/s1. The molecule has 2 aliphatic carbocycles. The molecule has 0 N–H and O–H groups in total. The molecule has 0 spiro atoms. The molecule has 1 saturated heterocycles. The van der Waals surface area contributed by atoms with E-state index < -0.39 is 0 Å². The lowest BCUT2D eigenvalue weighted by molar-refractivity contribution is -0.123. The van der Waals surface area contributed by atoms with Gasteiger partial charge in [0.25, 0.3) is 0 Å². The number of para-hydroxylation sites is 1. The Hall–Kier alpha value is -1.90. The summed E-state index contributed by atoms with van der Waals surface area (Å²) in [6.07, 6.45) is 5.24. The molecule has 1 heterocycles. The predicted octanol–water partition coefficient (Wildman–Crippen LogP) is 2.61. The van der Waals surface area contributed by atoms with Crippen LogP contribution >= 0.6 is 0 Å². The molecular weight excluding hydrogens is 250 g/mol. The molecule has 4 atom stereocenters. The van der Waals surface area contributed by atoms with Crippen LogP contribution in [0, 0.1) is 37.5 Å². The smallest absolute Gasteiger partial charge is 0.238 e. The Kier molecular flexibility index (Phi) is 2.27. The molecule has 2 fully saturated rings. The van der Waals surface area contributed by atoms with Crippen molar-refractivity contribution in [2.24, 2.45) is 23.7 Å². The lowest BCUT2D eigenvalue weighted by Gasteiger charge is -2.21. The minimum atomic E-state index is -0.114. The average molecular weight is 267 g/mol. The van der Waals surface area contributed by atoms with Crippen LogP contribution in [0.15, 0.2) is 30.4 Å². The maximum Gasteiger partial charge on any atom is 0.238 e. The number of rotatable bonds is 1. The second kappa shape index (κ2) is 3.81. The molecule has 102 valence electrons. The largest absolute Gasteiger partial charge is 0.274 e. The Morgan fingerprint density at radius 2 is 1.45 bits per heavy atom. The molecule has 2 amide bonds. The van der Waals surface area contributed by atoms with Crippen LogP contribution < -0.4 is 4.90 Å². The highest BCUT2D eigenvalue weighted by Crippen LogP contribution is 2.53. The lowest BCUT2D eigenvalue weighted by Crippen LogP contribution is -2.34. The van der Waals surface area contributed by atoms with E-state index in [1.165, 1.54) is 4.90 Å². The van der Waals surface area contributed by atoms with E-state index in [0.717, 1.165) is 23.2 Å². The molecule has 3 heteroatoms. The number of benzene rings is 1. The fourth-order valence-corrected chi connectivity index (χ4v) is 4.28. The normalized spacial score (nSPS) is 34.2. The predicted molar refractivity (Wildman–Crippen MR) is 76.1 cm³/mol. The van der Waals surface area contributed by atoms with Gasteiger partial charge in [-0.3, -0.25) is 9.59 Å². The van der Waals surface area contributed by atoms with Crippen molar-refractivity contribution < 1.29 is 9.59 Å². The second-order valence-corrected chi connectivity index (χ2v) is 6.25. The van der Waals surface area contributed by atoms with E-state index >= 15 is 0 Å². The molecule has 20 heavy (non-hydrogen) atoms. The summed E-state index contributed by atoms with van der Waals surface area (Å²) >= 11 is 0. The number of nitrogens with zero attached hydrogens (tertiary/aromatic N) is 1. The fourth-order valence-electron chi connectivity index (χ4n) is 4.28. The summed E-state index contributed by atoms with van der Waals surface area (Å²) in [5, 5.41) is 0. The van der Waals surface area contributed by atoms with Gasteiger partial charge >= 0.3 is 0 Å². The third kappa shape index (κ3) is 1.30. The minimum Gasteiger partial charge on any atom is -0.274 e. The van der Waals surface area contributed by atoms with Gasteiger partial charge in [-0.05, 0) is 43.2 Å². The van der Waals surface area contributed by atoms with Crippen molar-refractivity contribution in [1.29, 1.82) is 0 Å². The topological polar surface area (TPSA) is 37.4 Å². The van der Waals surface area contributed by atoms with Gasteiger partial charge in [-0.15, -0.1) is 0 Å². The summed E-state index contributed by atoms with van der Waals surface area (Å²) in [6.45, 7) is 3.92. The SMILES string of the molecule is Cc1cccc(C)c1N1C(=O)[C@@H]2[C@H](C1=O)[C@H]1C=C[C@H]2C1. The highest BCUT2D eigenvalue weighted by Gasteiger charge is 2.59. The van der Waals surface area contributed by atoms with Crippen LogP contribution in [0.3, 0.4) is 0 Å². The number of imide groups is 1. The van der Waals surface area contributed by atoms with Gasteiger partial charge in [0.2, 0.25) is 11.8 Å². The second-order valence-electron chi connectivity index (χ2n) is 6.25. The maximum absolute atomic E-state index is 12.8. The minimum absolute atomic E-state index is 0.00856. The third-order valence-corrected chi connectivity index (χ3v) is 5.13. The summed E-state index contributed by atoms with van der Waals surface area (Å²) in [7, 11) is 0. The quantitative estimate of drug-likeness (QED) is 0.579. The van der Waals surface area contributed by atoms with Crippen LogP contribution in [0.25, 0.3) is 0 Å². The molecule has 3 nitrogen and oxygen atoms in total. The fraction of sp³-hybridized carbons (Fsp3) is 0.412. The number of carbonyl (C=O) groups excluding carboxylic acids is 2. The summed E-state index contributed by atoms with van der Waals surface area (Å²) in [4.78, 5) is 27.0. The van der Waals surface area contributed by atoms with Crippen molar-refractivity contribution in [2.75, 3.05) is 4.90 Å². The number of hydrogen-bond donors (Lipinski definition) is 0. The average Bonchev–Trinajstić information content (AvgIpc) is 3.07. The summed E-state index contributed by atoms with van der Waals surface area (Å²) in [6, 6.07) is 5.89. The van der Waals surface area contributed by atoms with Gasteiger partial charge in [0.15, 0.2) is 0 Å². The van der Waals surface area contributed by atoms with E-state index in [-0.39, 0.29) is 35.5 Å². The van der Waals surface area contributed by atoms with Crippen LogP contribution in [-0.4, -0.2) is 11.8 Å². The first kappa shape index (κ1) is 11.9. The Balaban J connectivity index is 1.82. The highest BCUT2D eigenvalue weighted by molar-refractivity contribution is 6.23. The molecule has 4 rings (SSSR count). The van der Waals surface area contributed by atoms with Gasteiger partial charge < -0.3 is 0 Å². The van der Waals surface area contributed by atoms with Crippen LogP contribution in [0.1, 0.15) is 17.5 Å². The van der Waals surface area contributed by atoms with E-state index in [9.17, 15) is 9.59 Å². The number of amides is 2. The van der Waals surface area contributed by atoms with Gasteiger partial charge in [0, 0.05) is 0 Å². The number of aryl methyl sites for hydroxylation is 2. The van der Waals surface area contributed by atoms with Gasteiger partial charge in [0.05, 0.1) is 17.5 Å². The maximum atomic E-state index is 12.8. The van der Waals surface area contributed by atoms with Crippen LogP contribution in [0.2, 0.25) is 0 Å². The van der Waals surface area contributed by atoms with Crippen LogP contribution in [0.4, 0.5) is 5.69 Å². The highest BCUT2D eigenvalue weighted by atomic mass is 16.2. The van der Waals surface area contributed by atoms with E-state index in [2.05, 4.69) is 12.2 Å². The molecule has 1 saturated carbocycles. The van der Waals surface area contributed by atoms with Gasteiger partial charge in [-0.25, -0.2) is 4.90 Å². The molecule has 0 aromatic heterocycles. The molecule has 1 aromatic rings. The van der Waals surface area contributed by atoms with Crippen molar-refractivity contribution >= 4 is 17.5 Å². The van der Waals surface area contributed by atoms with Gasteiger partial charge in [-0.2, -0.15) is 0 Å². The molecule has 1 aromatic carbocycles. The van der Waals surface area contributed by atoms with Crippen LogP contribution in [0.5, 0.6) is 0 Å². The third-order valence-electron chi connectivity index (χ3n) is 5.13. The molecule has 2 bridgehead atoms. The zero-order valence-electron chi connectivity index (χ0n) is 11.7. The Bertz CT molecular complexity index is 611. The number of hydrogen-bond acceptors (Lipinski definition) is 2. The summed E-state index contributed by atoms with van der Waals surface area (Å²) in [5.74, 6) is 0.336. The first-order chi connectivity index (χ1) is 9.59. The number of allylic oxidation sites excluding steroid dienone is 2. The molecular formula is C17H17NO2. The molecule has 0 unspecified atom stereocenters. The number of anilines is 1. The van der Waals surface area contributed by atoms with Crippen molar-refractivity contribution in [3.05, 3.63) is 41.5 Å². The van der Waals surface area contributed by atoms with Gasteiger partial charge in [0.1, 0.15) is 0 Å². The van der Waals surface area contributed by atoms with E-state index in [0.29, 0.717) is 0 Å². The zero-order chi connectivity index (χ0) is 14.0. The van der Waals surface area contributed by atoms with Crippen molar-refractivity contribution in [3.63, 3.8) is 0 Å². The van der Waals surface area contributed by atoms with Crippen molar-refractivity contribution in [1.82, 2.24) is 0 Å². The van der Waals surface area contributed by atoms with E-state index in [4.69, 9.17) is 0 Å². The van der Waals surface area contributed by atoms with Crippen LogP contribution in [-0.2, 0) is 9.59 Å². The van der Waals surface area contributed by atoms with E-state index in [1.54, 1.807) is 0 Å². The summed E-state index contributed by atoms with van der Waals surface area (Å²) < 4.78 is 0. The van der Waals surface area contributed by atoms with Crippen molar-refractivity contribution in [2.45, 2.75) is 20.3 Å².